The molecule has 0 unspecified atom stereocenters. The number of hydrogen-bond donors (Lipinski definition) is 0. The Morgan fingerprint density at radius 2 is 0.659 bits per heavy atom. The third-order valence-electron chi connectivity index (χ3n) is 6.04. The Morgan fingerprint density at radius 3 is 0.902 bits per heavy atom. The standard InChI is InChI=1S/2C18H30O2.Ba/c2*1-2-3-4-5-6-7-8-9-10-11-12-13-14-15-16-17-18(19)20;/h2*6-7,9-10,12-13H,2-5,8,11,14-17H2,1H3,(H,19,20);/q;;+2/p-2/b2*7-6-,10-9-,13-12-;. The zero-order valence-electron chi connectivity index (χ0n) is 26.4. The topological polar surface area (TPSA) is 80.3 Å². The average molecular weight is 692 g/mol. The first-order chi connectivity index (χ1) is 19.5. The van der Waals surface area contributed by atoms with E-state index in [0.717, 1.165) is 51.4 Å². The SMILES string of the molecule is CCCCC/C=C\C/C=C\C/C=C\CCCCC(=O)[O-].CCCCC/C=C\C/C=C\C/C=C\CCCCC(=O)[O-].[Ba+2]. The molecule has 0 fully saturated rings. The van der Waals surface area contributed by atoms with E-state index in [-0.39, 0.29) is 61.7 Å². The first kappa shape index (κ1) is 44.4. The second-order valence-electron chi connectivity index (χ2n) is 10.00. The molecule has 0 N–H and O–H groups in total. The van der Waals surface area contributed by atoms with Crippen LogP contribution in [-0.2, 0) is 9.59 Å². The summed E-state index contributed by atoms with van der Waals surface area (Å²) in [7, 11) is 0. The smallest absolute Gasteiger partial charge is 0.550 e. The van der Waals surface area contributed by atoms with Crippen LogP contribution in [0, 0.1) is 0 Å². The Morgan fingerprint density at radius 1 is 0.415 bits per heavy atom. The molecule has 0 atom stereocenters. The van der Waals surface area contributed by atoms with Crippen molar-refractivity contribution in [2.75, 3.05) is 0 Å². The Bertz CT molecular complexity index is 670. The van der Waals surface area contributed by atoms with Crippen molar-refractivity contribution in [2.45, 2.75) is 142 Å². The summed E-state index contributed by atoms with van der Waals surface area (Å²) >= 11 is 0. The minimum atomic E-state index is -0.945. The van der Waals surface area contributed by atoms with Gasteiger partial charge in [-0.25, -0.2) is 0 Å². The number of carboxylic acid groups (broad SMARTS) is 2. The molecule has 0 heterocycles. The average Bonchev–Trinajstić information content (AvgIpc) is 2.93. The van der Waals surface area contributed by atoms with Crippen LogP contribution in [0.3, 0.4) is 0 Å². The normalized spacial score (nSPS) is 11.8. The fourth-order valence-corrected chi connectivity index (χ4v) is 3.64. The number of carboxylic acids is 2. The predicted octanol–water partition coefficient (Wildman–Crippen LogP) is 8.27. The van der Waals surface area contributed by atoms with Gasteiger partial charge >= 0.3 is 48.9 Å². The van der Waals surface area contributed by atoms with E-state index in [1.165, 1.54) is 51.4 Å². The molecule has 0 aliphatic rings. The Labute approximate surface area is 293 Å². The molecule has 0 aromatic carbocycles. The van der Waals surface area contributed by atoms with Crippen LogP contribution in [0.1, 0.15) is 142 Å². The van der Waals surface area contributed by atoms with E-state index in [9.17, 15) is 19.8 Å². The molecule has 4 nitrogen and oxygen atoms in total. The minimum absolute atomic E-state index is 0. The van der Waals surface area contributed by atoms with E-state index < -0.39 is 11.9 Å². The van der Waals surface area contributed by atoms with Gasteiger partial charge in [-0.2, -0.15) is 0 Å². The van der Waals surface area contributed by atoms with Gasteiger partial charge in [0.05, 0.1) is 0 Å². The zero-order valence-corrected chi connectivity index (χ0v) is 30.9. The zero-order chi connectivity index (χ0) is 29.8. The fourth-order valence-electron chi connectivity index (χ4n) is 3.64. The van der Waals surface area contributed by atoms with Crippen molar-refractivity contribution in [3.63, 3.8) is 0 Å². The third kappa shape index (κ3) is 49.0. The molecule has 0 rings (SSSR count). The molecule has 5 heteroatoms. The van der Waals surface area contributed by atoms with E-state index in [0.29, 0.717) is 12.8 Å². The number of aliphatic carboxylic acids is 2. The summed E-state index contributed by atoms with van der Waals surface area (Å²) in [5.74, 6) is -1.89. The molecule has 0 radical (unpaired) electrons. The van der Waals surface area contributed by atoms with Crippen LogP contribution in [0.25, 0.3) is 0 Å². The largest absolute Gasteiger partial charge is 2.00 e. The van der Waals surface area contributed by atoms with Gasteiger partial charge in [-0.05, 0) is 103 Å². The number of carbonyl (C=O) groups is 2. The molecular weight excluding hydrogens is 634 g/mol. The fraction of sp³-hybridized carbons (Fsp3) is 0.611. The number of rotatable bonds is 26. The van der Waals surface area contributed by atoms with Crippen LogP contribution in [0.4, 0.5) is 0 Å². The molecule has 0 spiro atoms. The van der Waals surface area contributed by atoms with E-state index in [1.54, 1.807) is 0 Å². The number of carbonyl (C=O) groups excluding carboxylic acids is 2. The van der Waals surface area contributed by atoms with Gasteiger partial charge in [0.15, 0.2) is 0 Å². The van der Waals surface area contributed by atoms with E-state index in [2.05, 4.69) is 86.8 Å². The number of hydrogen-bond acceptors (Lipinski definition) is 4. The van der Waals surface area contributed by atoms with Crippen molar-refractivity contribution < 1.29 is 19.8 Å². The van der Waals surface area contributed by atoms with E-state index >= 15 is 0 Å². The summed E-state index contributed by atoms with van der Waals surface area (Å²) < 4.78 is 0. The molecular formula is C36H58BaO4. The summed E-state index contributed by atoms with van der Waals surface area (Å²) in [5, 5.41) is 20.4. The van der Waals surface area contributed by atoms with Crippen LogP contribution in [-0.4, -0.2) is 60.8 Å². The van der Waals surface area contributed by atoms with Crippen LogP contribution in [0.15, 0.2) is 72.9 Å². The van der Waals surface area contributed by atoms with Crippen molar-refractivity contribution in [1.82, 2.24) is 0 Å². The van der Waals surface area contributed by atoms with Crippen molar-refractivity contribution in [3.05, 3.63) is 72.9 Å². The van der Waals surface area contributed by atoms with Gasteiger partial charge in [0.1, 0.15) is 0 Å². The van der Waals surface area contributed by atoms with E-state index in [4.69, 9.17) is 0 Å². The molecule has 41 heavy (non-hydrogen) atoms. The van der Waals surface area contributed by atoms with Crippen molar-refractivity contribution in [1.29, 1.82) is 0 Å². The predicted molar refractivity (Wildman–Crippen MR) is 174 cm³/mol. The maximum absolute atomic E-state index is 10.2. The summed E-state index contributed by atoms with van der Waals surface area (Å²) in [4.78, 5) is 20.4. The quantitative estimate of drug-likeness (QED) is 0.0520. The van der Waals surface area contributed by atoms with Gasteiger partial charge in [-0.3, -0.25) is 0 Å². The maximum atomic E-state index is 10.2. The van der Waals surface area contributed by atoms with Gasteiger partial charge in [-0.15, -0.1) is 0 Å². The van der Waals surface area contributed by atoms with Gasteiger partial charge in [0.2, 0.25) is 0 Å². The first-order valence-corrected chi connectivity index (χ1v) is 15.8. The van der Waals surface area contributed by atoms with Gasteiger partial charge in [0.25, 0.3) is 0 Å². The second kappa shape index (κ2) is 41.1. The summed E-state index contributed by atoms with van der Waals surface area (Å²) in [5.41, 5.74) is 0. The van der Waals surface area contributed by atoms with Crippen molar-refractivity contribution >= 4 is 60.8 Å². The van der Waals surface area contributed by atoms with Crippen LogP contribution >= 0.6 is 0 Å². The monoisotopic (exact) mass is 692 g/mol. The summed E-state index contributed by atoms with van der Waals surface area (Å²) in [6.07, 6.45) is 46.0. The molecule has 228 valence electrons. The van der Waals surface area contributed by atoms with Crippen molar-refractivity contribution in [3.8, 4) is 0 Å². The van der Waals surface area contributed by atoms with Crippen molar-refractivity contribution in [2.24, 2.45) is 0 Å². The minimum Gasteiger partial charge on any atom is -0.550 e. The summed E-state index contributed by atoms with van der Waals surface area (Å²) in [6.45, 7) is 4.45. The molecule has 0 aromatic heterocycles. The molecule has 0 saturated heterocycles. The maximum Gasteiger partial charge on any atom is 2.00 e. The van der Waals surface area contributed by atoms with Crippen LogP contribution < -0.4 is 10.2 Å². The molecule has 0 aromatic rings. The Hall–Kier alpha value is -1.05. The Kier molecular flexibility index (Phi) is 44.5. The Balaban J connectivity index is -0.000000688. The van der Waals surface area contributed by atoms with Crippen LogP contribution in [0.2, 0.25) is 0 Å². The number of unbranched alkanes of at least 4 members (excludes halogenated alkanes) is 10. The first-order valence-electron chi connectivity index (χ1n) is 15.8. The molecule has 0 saturated carbocycles. The molecule has 0 amide bonds. The van der Waals surface area contributed by atoms with E-state index in [1.807, 2.05) is 0 Å². The van der Waals surface area contributed by atoms with Crippen LogP contribution in [0.5, 0.6) is 0 Å². The second-order valence-corrected chi connectivity index (χ2v) is 10.00. The van der Waals surface area contributed by atoms with Gasteiger partial charge < -0.3 is 19.8 Å². The number of allylic oxidation sites excluding steroid dienone is 12. The molecule has 0 bridgehead atoms. The van der Waals surface area contributed by atoms with Gasteiger partial charge in [-0.1, -0.05) is 112 Å². The third-order valence-corrected chi connectivity index (χ3v) is 6.04. The summed E-state index contributed by atoms with van der Waals surface area (Å²) in [6, 6.07) is 0. The molecule has 0 aliphatic carbocycles. The molecule has 0 aliphatic heterocycles. The van der Waals surface area contributed by atoms with Gasteiger partial charge in [0, 0.05) is 11.9 Å².